The van der Waals surface area contributed by atoms with Gasteiger partial charge in [-0.15, -0.1) is 0 Å². The maximum absolute atomic E-state index is 2.35. The van der Waals surface area contributed by atoms with Gasteiger partial charge in [0.25, 0.3) is 0 Å². The first kappa shape index (κ1) is 15.0. The van der Waals surface area contributed by atoms with Crippen molar-refractivity contribution in [2.75, 3.05) is 0 Å². The average Bonchev–Trinajstić information content (AvgIpc) is 2.57. The standard InChI is InChI=1S/C24H22/c1-15-9-10-22-19(11-15)12-16(2)13-24(22)23-14-17(3)20-7-5-6-8-21(20)18(23)4/h5-14H,1-4H3. The predicted octanol–water partition coefficient (Wildman–Crippen LogP) is 6.89. The van der Waals surface area contributed by atoms with Crippen molar-refractivity contribution in [3.05, 3.63) is 82.9 Å². The molecule has 0 amide bonds. The summed E-state index contributed by atoms with van der Waals surface area (Å²) in [5, 5.41) is 5.38. The average molecular weight is 310 g/mol. The van der Waals surface area contributed by atoms with Crippen molar-refractivity contribution in [1.29, 1.82) is 0 Å². The number of benzene rings is 4. The van der Waals surface area contributed by atoms with E-state index in [0.717, 1.165) is 0 Å². The Hall–Kier alpha value is -2.60. The van der Waals surface area contributed by atoms with Crippen LogP contribution in [0.5, 0.6) is 0 Å². The molecule has 24 heavy (non-hydrogen) atoms. The molecule has 0 heteroatoms. The van der Waals surface area contributed by atoms with Crippen LogP contribution in [-0.4, -0.2) is 0 Å². The van der Waals surface area contributed by atoms with Gasteiger partial charge in [-0.2, -0.15) is 0 Å². The first-order valence-electron chi connectivity index (χ1n) is 8.55. The molecule has 118 valence electrons. The van der Waals surface area contributed by atoms with Gasteiger partial charge >= 0.3 is 0 Å². The Labute approximate surface area is 143 Å². The van der Waals surface area contributed by atoms with Gasteiger partial charge in [0.05, 0.1) is 0 Å². The van der Waals surface area contributed by atoms with E-state index in [2.05, 4.69) is 88.4 Å². The zero-order valence-corrected chi connectivity index (χ0v) is 14.8. The van der Waals surface area contributed by atoms with Crippen molar-refractivity contribution in [1.82, 2.24) is 0 Å². The maximum atomic E-state index is 2.35. The van der Waals surface area contributed by atoms with E-state index in [1.54, 1.807) is 0 Å². The monoisotopic (exact) mass is 310 g/mol. The third kappa shape index (κ3) is 2.30. The van der Waals surface area contributed by atoms with E-state index in [0.29, 0.717) is 0 Å². The van der Waals surface area contributed by atoms with Crippen molar-refractivity contribution in [3.8, 4) is 11.1 Å². The lowest BCUT2D eigenvalue weighted by Crippen LogP contribution is -1.91. The summed E-state index contributed by atoms with van der Waals surface area (Å²) in [6.07, 6.45) is 0. The summed E-state index contributed by atoms with van der Waals surface area (Å²) in [5.74, 6) is 0. The van der Waals surface area contributed by atoms with Crippen LogP contribution in [0.25, 0.3) is 32.7 Å². The van der Waals surface area contributed by atoms with Gasteiger partial charge in [-0.3, -0.25) is 0 Å². The summed E-state index contributed by atoms with van der Waals surface area (Å²) >= 11 is 0. The molecule has 0 saturated carbocycles. The van der Waals surface area contributed by atoms with E-state index in [4.69, 9.17) is 0 Å². The third-order valence-electron chi connectivity index (χ3n) is 5.06. The van der Waals surface area contributed by atoms with Crippen molar-refractivity contribution in [2.24, 2.45) is 0 Å². The molecule has 0 aliphatic carbocycles. The van der Waals surface area contributed by atoms with Crippen molar-refractivity contribution in [2.45, 2.75) is 27.7 Å². The minimum atomic E-state index is 1.31. The van der Waals surface area contributed by atoms with Gasteiger partial charge in [0, 0.05) is 0 Å². The Morgan fingerprint density at radius 2 is 1.25 bits per heavy atom. The van der Waals surface area contributed by atoms with Crippen LogP contribution in [0.3, 0.4) is 0 Å². The molecule has 0 unspecified atom stereocenters. The highest BCUT2D eigenvalue weighted by Crippen LogP contribution is 2.36. The summed E-state index contributed by atoms with van der Waals surface area (Å²) < 4.78 is 0. The fourth-order valence-electron chi connectivity index (χ4n) is 3.84. The summed E-state index contributed by atoms with van der Waals surface area (Å²) in [7, 11) is 0. The number of hydrogen-bond donors (Lipinski definition) is 0. The first-order valence-corrected chi connectivity index (χ1v) is 8.55. The fourth-order valence-corrected chi connectivity index (χ4v) is 3.84. The lowest BCUT2D eigenvalue weighted by Gasteiger charge is -2.16. The second-order valence-electron chi connectivity index (χ2n) is 6.95. The highest BCUT2D eigenvalue weighted by molar-refractivity contribution is 6.02. The molecule has 0 nitrogen and oxygen atoms in total. The van der Waals surface area contributed by atoms with Gasteiger partial charge in [0.1, 0.15) is 0 Å². The largest absolute Gasteiger partial charge is 0.0616 e. The lowest BCUT2D eigenvalue weighted by atomic mass is 9.88. The van der Waals surface area contributed by atoms with E-state index in [1.807, 2.05) is 0 Å². The smallest absolute Gasteiger partial charge is 0.00998 e. The van der Waals surface area contributed by atoms with Crippen molar-refractivity contribution in [3.63, 3.8) is 0 Å². The minimum absolute atomic E-state index is 1.31. The second kappa shape index (κ2) is 5.49. The molecule has 0 aliphatic heterocycles. The molecule has 0 bridgehead atoms. The molecule has 0 fully saturated rings. The van der Waals surface area contributed by atoms with Gasteiger partial charge in [-0.25, -0.2) is 0 Å². The molecule has 0 saturated heterocycles. The number of rotatable bonds is 1. The number of hydrogen-bond acceptors (Lipinski definition) is 0. The molecule has 0 aliphatic rings. The van der Waals surface area contributed by atoms with Gasteiger partial charge < -0.3 is 0 Å². The molecule has 0 heterocycles. The molecular weight excluding hydrogens is 288 g/mol. The highest BCUT2D eigenvalue weighted by atomic mass is 14.2. The molecule has 0 aromatic heterocycles. The normalized spacial score (nSPS) is 11.3. The van der Waals surface area contributed by atoms with Crippen LogP contribution in [0.2, 0.25) is 0 Å². The topological polar surface area (TPSA) is 0 Å². The van der Waals surface area contributed by atoms with E-state index in [1.165, 1.54) is 54.9 Å². The molecule has 0 atom stereocenters. The summed E-state index contributed by atoms with van der Waals surface area (Å²) in [4.78, 5) is 0. The third-order valence-corrected chi connectivity index (χ3v) is 5.06. The van der Waals surface area contributed by atoms with Crippen LogP contribution in [0, 0.1) is 27.7 Å². The fraction of sp³-hybridized carbons (Fsp3) is 0.167. The second-order valence-corrected chi connectivity index (χ2v) is 6.95. The molecule has 4 aromatic rings. The predicted molar refractivity (Wildman–Crippen MR) is 106 cm³/mol. The Morgan fingerprint density at radius 3 is 2.04 bits per heavy atom. The van der Waals surface area contributed by atoms with Crippen molar-refractivity contribution < 1.29 is 0 Å². The summed E-state index contributed by atoms with van der Waals surface area (Å²) in [6.45, 7) is 8.81. The van der Waals surface area contributed by atoms with E-state index < -0.39 is 0 Å². The minimum Gasteiger partial charge on any atom is -0.0616 e. The number of aryl methyl sites for hydroxylation is 4. The van der Waals surface area contributed by atoms with Crippen LogP contribution in [0.1, 0.15) is 22.3 Å². The zero-order chi connectivity index (χ0) is 16.8. The summed E-state index contributed by atoms with van der Waals surface area (Å²) in [6, 6.07) is 22.5. The van der Waals surface area contributed by atoms with Crippen LogP contribution in [0.4, 0.5) is 0 Å². The molecule has 4 aromatic carbocycles. The zero-order valence-electron chi connectivity index (χ0n) is 14.8. The molecular formula is C24H22. The van der Waals surface area contributed by atoms with Gasteiger partial charge in [0.15, 0.2) is 0 Å². The van der Waals surface area contributed by atoms with Gasteiger partial charge in [-0.05, 0) is 77.1 Å². The van der Waals surface area contributed by atoms with Crippen LogP contribution < -0.4 is 0 Å². The van der Waals surface area contributed by atoms with E-state index >= 15 is 0 Å². The lowest BCUT2D eigenvalue weighted by molar-refractivity contribution is 1.43. The Kier molecular flexibility index (Phi) is 3.42. The Bertz CT molecular complexity index is 1080. The van der Waals surface area contributed by atoms with Crippen LogP contribution >= 0.6 is 0 Å². The SMILES string of the molecule is Cc1ccc2c(-c3cc(C)c4ccccc4c3C)cc(C)cc2c1. The molecule has 0 radical (unpaired) electrons. The number of fused-ring (bicyclic) bond motifs is 2. The van der Waals surface area contributed by atoms with E-state index in [-0.39, 0.29) is 0 Å². The van der Waals surface area contributed by atoms with Gasteiger partial charge in [-0.1, -0.05) is 66.2 Å². The van der Waals surface area contributed by atoms with Gasteiger partial charge in [0.2, 0.25) is 0 Å². The first-order chi connectivity index (χ1) is 11.5. The summed E-state index contributed by atoms with van der Waals surface area (Å²) in [5.41, 5.74) is 8.02. The highest BCUT2D eigenvalue weighted by Gasteiger charge is 2.12. The Morgan fingerprint density at radius 1 is 0.542 bits per heavy atom. The van der Waals surface area contributed by atoms with Crippen LogP contribution in [0.15, 0.2) is 60.7 Å². The molecule has 4 rings (SSSR count). The molecule has 0 spiro atoms. The maximum Gasteiger partial charge on any atom is -0.00998 e. The van der Waals surface area contributed by atoms with E-state index in [9.17, 15) is 0 Å². The quantitative estimate of drug-likeness (QED) is 0.359. The van der Waals surface area contributed by atoms with Crippen LogP contribution in [-0.2, 0) is 0 Å². The van der Waals surface area contributed by atoms with Crippen molar-refractivity contribution >= 4 is 21.5 Å². The Balaban J connectivity index is 2.12. The molecule has 0 N–H and O–H groups in total.